The van der Waals surface area contributed by atoms with Crippen LogP contribution in [0.1, 0.15) is 51.1 Å². The molecule has 0 aromatic carbocycles. The summed E-state index contributed by atoms with van der Waals surface area (Å²) >= 11 is 0. The highest BCUT2D eigenvalue weighted by Crippen LogP contribution is 2.27. The summed E-state index contributed by atoms with van der Waals surface area (Å²) < 4.78 is 1.75. The van der Waals surface area contributed by atoms with E-state index in [-0.39, 0.29) is 17.9 Å². The summed E-state index contributed by atoms with van der Waals surface area (Å²) in [5.74, 6) is 0.430. The zero-order chi connectivity index (χ0) is 14.0. The molecule has 5 nitrogen and oxygen atoms in total. The topological polar surface area (TPSA) is 72.9 Å². The molecule has 2 atom stereocenters. The van der Waals surface area contributed by atoms with Gasteiger partial charge in [-0.05, 0) is 25.2 Å². The average Bonchev–Trinajstić information content (AvgIpc) is 2.70. The smallest absolute Gasteiger partial charge is 0.227 e. The van der Waals surface area contributed by atoms with Crippen molar-refractivity contribution in [1.82, 2.24) is 9.78 Å². The molecule has 5 heteroatoms. The van der Waals surface area contributed by atoms with Crippen molar-refractivity contribution in [3.05, 3.63) is 11.9 Å². The molecule has 1 heterocycles. The van der Waals surface area contributed by atoms with Crippen LogP contribution in [0.15, 0.2) is 6.20 Å². The zero-order valence-corrected chi connectivity index (χ0v) is 12.0. The minimum absolute atomic E-state index is 0.0453. The number of carbonyl (C=O) groups is 1. The lowest BCUT2D eigenvalue weighted by Crippen LogP contribution is -2.34. The Bertz CT molecular complexity index is 452. The number of nitrogens with two attached hydrogens (primary N) is 1. The predicted octanol–water partition coefficient (Wildman–Crippen LogP) is 2.00. The van der Waals surface area contributed by atoms with E-state index in [0.717, 1.165) is 37.1 Å². The van der Waals surface area contributed by atoms with Crippen molar-refractivity contribution < 1.29 is 4.79 Å². The minimum atomic E-state index is 0.0453. The molecule has 2 rings (SSSR count). The first-order valence-corrected chi connectivity index (χ1v) is 7.07. The molecule has 1 aromatic heterocycles. The first kappa shape index (κ1) is 14.1. The van der Waals surface area contributed by atoms with Crippen LogP contribution in [0.25, 0.3) is 0 Å². The fourth-order valence-electron chi connectivity index (χ4n) is 2.73. The highest BCUT2D eigenvalue weighted by atomic mass is 16.1. The lowest BCUT2D eigenvalue weighted by Gasteiger charge is -2.25. The van der Waals surface area contributed by atoms with E-state index in [9.17, 15) is 4.79 Å². The van der Waals surface area contributed by atoms with E-state index in [2.05, 4.69) is 24.3 Å². The maximum atomic E-state index is 12.3. The van der Waals surface area contributed by atoms with Gasteiger partial charge < -0.3 is 11.1 Å². The molecule has 19 heavy (non-hydrogen) atoms. The number of rotatable bonds is 3. The third-order valence-electron chi connectivity index (χ3n) is 3.75. The van der Waals surface area contributed by atoms with Crippen molar-refractivity contribution in [2.45, 2.75) is 51.5 Å². The fraction of sp³-hybridized carbons (Fsp3) is 0.714. The molecule has 0 radical (unpaired) electrons. The molecule has 1 aromatic rings. The molecule has 1 aliphatic rings. The Morgan fingerprint density at radius 1 is 1.53 bits per heavy atom. The number of amides is 1. The van der Waals surface area contributed by atoms with Gasteiger partial charge >= 0.3 is 0 Å². The van der Waals surface area contributed by atoms with E-state index >= 15 is 0 Å². The van der Waals surface area contributed by atoms with Crippen LogP contribution in [-0.4, -0.2) is 21.7 Å². The standard InChI is InChI=1S/C14H24N4O/c1-9(2)13-12(8-18(3)17-13)16-14(19)10-5-4-6-11(15)7-10/h8-11H,4-7,15H2,1-3H3,(H,16,19). The van der Waals surface area contributed by atoms with Crippen LogP contribution in [0.3, 0.4) is 0 Å². The van der Waals surface area contributed by atoms with Crippen molar-refractivity contribution in [1.29, 1.82) is 0 Å². The number of aryl methyl sites for hydroxylation is 1. The average molecular weight is 264 g/mol. The quantitative estimate of drug-likeness (QED) is 0.877. The summed E-state index contributed by atoms with van der Waals surface area (Å²) in [6.45, 7) is 4.16. The van der Waals surface area contributed by atoms with Gasteiger partial charge in [0, 0.05) is 25.2 Å². The second-order valence-corrected chi connectivity index (χ2v) is 5.87. The van der Waals surface area contributed by atoms with Crippen LogP contribution in [0, 0.1) is 5.92 Å². The Morgan fingerprint density at radius 3 is 2.89 bits per heavy atom. The van der Waals surface area contributed by atoms with Crippen LogP contribution >= 0.6 is 0 Å². The van der Waals surface area contributed by atoms with Crippen LogP contribution in [-0.2, 0) is 11.8 Å². The van der Waals surface area contributed by atoms with Crippen molar-refractivity contribution in [2.75, 3.05) is 5.32 Å². The largest absolute Gasteiger partial charge is 0.328 e. The lowest BCUT2D eigenvalue weighted by molar-refractivity contribution is -0.120. The van der Waals surface area contributed by atoms with Gasteiger partial charge in [-0.25, -0.2) is 0 Å². The van der Waals surface area contributed by atoms with Crippen molar-refractivity contribution in [3.63, 3.8) is 0 Å². The lowest BCUT2D eigenvalue weighted by atomic mass is 9.85. The van der Waals surface area contributed by atoms with Crippen LogP contribution in [0.4, 0.5) is 5.69 Å². The Hall–Kier alpha value is -1.36. The SMILES string of the molecule is CC(C)c1nn(C)cc1NC(=O)C1CCCC(N)C1. The van der Waals surface area contributed by atoms with E-state index in [4.69, 9.17) is 5.73 Å². The number of aromatic nitrogens is 2. The second kappa shape index (κ2) is 5.74. The van der Waals surface area contributed by atoms with Gasteiger partial charge in [-0.2, -0.15) is 5.10 Å². The third kappa shape index (κ3) is 3.35. The van der Waals surface area contributed by atoms with Crippen LogP contribution < -0.4 is 11.1 Å². The molecule has 1 saturated carbocycles. The van der Waals surface area contributed by atoms with Gasteiger partial charge in [0.15, 0.2) is 0 Å². The maximum absolute atomic E-state index is 12.3. The first-order valence-electron chi connectivity index (χ1n) is 7.07. The summed E-state index contributed by atoms with van der Waals surface area (Å²) in [5, 5.41) is 7.43. The number of anilines is 1. The molecule has 106 valence electrons. The molecule has 0 aliphatic heterocycles. The molecule has 3 N–H and O–H groups in total. The number of nitrogens with zero attached hydrogens (tertiary/aromatic N) is 2. The summed E-state index contributed by atoms with van der Waals surface area (Å²) in [4.78, 5) is 12.3. The molecule has 1 fully saturated rings. The highest BCUT2D eigenvalue weighted by molar-refractivity contribution is 5.93. The predicted molar refractivity (Wildman–Crippen MR) is 75.9 cm³/mol. The number of hydrogen-bond acceptors (Lipinski definition) is 3. The van der Waals surface area contributed by atoms with Gasteiger partial charge in [0.2, 0.25) is 5.91 Å². The van der Waals surface area contributed by atoms with Crippen LogP contribution in [0.2, 0.25) is 0 Å². The van der Waals surface area contributed by atoms with Gasteiger partial charge in [0.1, 0.15) is 0 Å². The van der Waals surface area contributed by atoms with Gasteiger partial charge in [-0.3, -0.25) is 9.48 Å². The summed E-state index contributed by atoms with van der Waals surface area (Å²) in [6, 6.07) is 0.169. The monoisotopic (exact) mass is 264 g/mol. The number of nitrogens with one attached hydrogen (secondary N) is 1. The Labute approximate surface area is 114 Å². The van der Waals surface area contributed by atoms with Gasteiger partial charge in [0.05, 0.1) is 11.4 Å². The van der Waals surface area contributed by atoms with Crippen LogP contribution in [0.5, 0.6) is 0 Å². The Morgan fingerprint density at radius 2 is 2.26 bits per heavy atom. The van der Waals surface area contributed by atoms with E-state index in [1.165, 1.54) is 0 Å². The van der Waals surface area contributed by atoms with Gasteiger partial charge in [-0.15, -0.1) is 0 Å². The molecule has 0 spiro atoms. The second-order valence-electron chi connectivity index (χ2n) is 5.87. The molecule has 1 aliphatic carbocycles. The maximum Gasteiger partial charge on any atom is 0.227 e. The Kier molecular flexibility index (Phi) is 4.24. The highest BCUT2D eigenvalue weighted by Gasteiger charge is 2.26. The summed E-state index contributed by atoms with van der Waals surface area (Å²) in [5.41, 5.74) is 7.72. The van der Waals surface area contributed by atoms with E-state index < -0.39 is 0 Å². The fourth-order valence-corrected chi connectivity index (χ4v) is 2.73. The van der Waals surface area contributed by atoms with E-state index in [1.807, 2.05) is 13.2 Å². The molecular weight excluding hydrogens is 240 g/mol. The van der Waals surface area contributed by atoms with Gasteiger partial charge in [0.25, 0.3) is 0 Å². The van der Waals surface area contributed by atoms with Crippen molar-refractivity contribution in [3.8, 4) is 0 Å². The number of hydrogen-bond donors (Lipinski definition) is 2. The molecule has 0 saturated heterocycles. The molecule has 0 bridgehead atoms. The normalized spacial score (nSPS) is 23.6. The van der Waals surface area contributed by atoms with Crippen molar-refractivity contribution in [2.24, 2.45) is 18.7 Å². The molecular formula is C14H24N4O. The number of carbonyl (C=O) groups excluding carboxylic acids is 1. The van der Waals surface area contributed by atoms with Crippen molar-refractivity contribution >= 4 is 11.6 Å². The van der Waals surface area contributed by atoms with E-state index in [0.29, 0.717) is 5.92 Å². The minimum Gasteiger partial charge on any atom is -0.328 e. The zero-order valence-electron chi connectivity index (χ0n) is 12.0. The molecule has 2 unspecified atom stereocenters. The van der Waals surface area contributed by atoms with E-state index in [1.54, 1.807) is 4.68 Å². The van der Waals surface area contributed by atoms with Gasteiger partial charge in [-0.1, -0.05) is 20.3 Å². The summed E-state index contributed by atoms with van der Waals surface area (Å²) in [6.07, 6.45) is 5.69. The Balaban J connectivity index is 2.06. The summed E-state index contributed by atoms with van der Waals surface area (Å²) in [7, 11) is 1.87. The first-order chi connectivity index (χ1) is 8.97. The molecule has 1 amide bonds. The third-order valence-corrected chi connectivity index (χ3v) is 3.75.